The van der Waals surface area contributed by atoms with E-state index in [1.807, 2.05) is 36.4 Å². The van der Waals surface area contributed by atoms with Gasteiger partial charge in [-0.2, -0.15) is 0 Å². The van der Waals surface area contributed by atoms with Gasteiger partial charge in [0.05, 0.1) is 6.26 Å². The van der Waals surface area contributed by atoms with Gasteiger partial charge in [-0.05, 0) is 63.9 Å². The van der Waals surface area contributed by atoms with Crippen LogP contribution in [0.4, 0.5) is 0 Å². The lowest BCUT2D eigenvalue weighted by molar-refractivity contribution is 0.0950. The maximum atomic E-state index is 12.9. The number of rotatable bonds is 4. The maximum Gasteiger partial charge on any atom is 0.251 e. The van der Waals surface area contributed by atoms with Crippen molar-refractivity contribution in [2.75, 3.05) is 0 Å². The van der Waals surface area contributed by atoms with Crippen LogP contribution in [0.15, 0.2) is 59.3 Å². The molecule has 0 aliphatic carbocycles. The zero-order valence-electron chi connectivity index (χ0n) is 18.2. The molecule has 0 unspecified atom stereocenters. The molecule has 0 bridgehead atoms. The Bertz CT molecular complexity index is 958. The topological polar surface area (TPSA) is 55.1 Å². The van der Waals surface area contributed by atoms with E-state index < -0.39 is 0 Å². The average molecular weight is 391 g/mol. The van der Waals surface area contributed by atoms with E-state index in [4.69, 9.17) is 4.42 Å². The van der Waals surface area contributed by atoms with E-state index in [2.05, 4.69) is 57.9 Å². The van der Waals surface area contributed by atoms with Crippen LogP contribution in [0.2, 0.25) is 0 Å². The van der Waals surface area contributed by atoms with E-state index in [9.17, 15) is 4.79 Å². The van der Waals surface area contributed by atoms with Crippen molar-refractivity contribution in [2.45, 2.75) is 58.9 Å². The molecule has 3 rings (SSSR count). The molecule has 0 radical (unpaired) electrons. The fourth-order valence-corrected chi connectivity index (χ4v) is 3.05. The molecular weight excluding hydrogens is 360 g/mol. The molecule has 1 aromatic carbocycles. The Morgan fingerprint density at radius 2 is 1.62 bits per heavy atom. The Balaban J connectivity index is 1.81. The molecule has 0 saturated carbocycles. The van der Waals surface area contributed by atoms with E-state index in [0.717, 1.165) is 11.3 Å². The molecule has 0 spiro atoms. The first-order valence-corrected chi connectivity index (χ1v) is 9.97. The highest BCUT2D eigenvalue weighted by molar-refractivity contribution is 5.94. The highest BCUT2D eigenvalue weighted by Crippen LogP contribution is 2.30. The number of nitrogens with one attached hydrogen (secondary N) is 1. The van der Waals surface area contributed by atoms with Crippen LogP contribution < -0.4 is 5.32 Å². The van der Waals surface area contributed by atoms with E-state index in [0.29, 0.717) is 17.9 Å². The molecule has 4 heteroatoms. The molecule has 1 amide bonds. The number of pyridine rings is 1. The van der Waals surface area contributed by atoms with Crippen LogP contribution >= 0.6 is 0 Å². The monoisotopic (exact) mass is 390 g/mol. The second-order valence-corrected chi connectivity index (χ2v) is 9.51. The normalized spacial score (nSPS) is 12.1. The smallest absolute Gasteiger partial charge is 0.251 e. The third kappa shape index (κ3) is 5.14. The van der Waals surface area contributed by atoms with E-state index >= 15 is 0 Å². The van der Waals surface area contributed by atoms with Gasteiger partial charge < -0.3 is 9.73 Å². The average Bonchev–Trinajstić information content (AvgIpc) is 3.19. The van der Waals surface area contributed by atoms with Crippen LogP contribution in [0.25, 0.3) is 11.5 Å². The van der Waals surface area contributed by atoms with Crippen LogP contribution in [0.1, 0.15) is 68.6 Å². The minimum atomic E-state index is -0.0713. The van der Waals surface area contributed by atoms with Gasteiger partial charge in [-0.25, -0.2) is 0 Å². The fraction of sp³-hybridized carbons (Fsp3) is 0.360. The van der Waals surface area contributed by atoms with Crippen molar-refractivity contribution < 1.29 is 9.21 Å². The van der Waals surface area contributed by atoms with Gasteiger partial charge in [0.1, 0.15) is 5.69 Å². The molecule has 4 nitrogen and oxygen atoms in total. The molecule has 152 valence electrons. The molecule has 3 aromatic rings. The number of hydrogen-bond acceptors (Lipinski definition) is 3. The quantitative estimate of drug-likeness (QED) is 0.606. The molecule has 0 fully saturated rings. The van der Waals surface area contributed by atoms with Gasteiger partial charge in [0, 0.05) is 18.3 Å². The van der Waals surface area contributed by atoms with Gasteiger partial charge >= 0.3 is 0 Å². The van der Waals surface area contributed by atoms with E-state index in [1.165, 1.54) is 11.1 Å². The maximum absolute atomic E-state index is 12.9. The first-order chi connectivity index (χ1) is 13.5. The van der Waals surface area contributed by atoms with E-state index in [-0.39, 0.29) is 16.7 Å². The molecule has 1 N–H and O–H groups in total. The van der Waals surface area contributed by atoms with Crippen molar-refractivity contribution in [2.24, 2.45) is 0 Å². The molecule has 0 aliphatic heterocycles. The van der Waals surface area contributed by atoms with Crippen molar-refractivity contribution >= 4 is 5.91 Å². The van der Waals surface area contributed by atoms with E-state index in [1.54, 1.807) is 12.5 Å². The molecule has 0 aliphatic rings. The Morgan fingerprint density at radius 1 is 0.966 bits per heavy atom. The third-order valence-corrected chi connectivity index (χ3v) is 4.98. The fourth-order valence-electron chi connectivity index (χ4n) is 3.05. The molecular formula is C25H30N2O2. The molecule has 0 saturated heterocycles. The summed E-state index contributed by atoms with van der Waals surface area (Å²) in [6.45, 7) is 13.5. The Kier molecular flexibility index (Phi) is 5.65. The van der Waals surface area contributed by atoms with Gasteiger partial charge in [-0.15, -0.1) is 0 Å². The lowest BCUT2D eigenvalue weighted by Gasteiger charge is -2.26. The van der Waals surface area contributed by atoms with Crippen molar-refractivity contribution in [3.63, 3.8) is 0 Å². The second kappa shape index (κ2) is 7.86. The number of hydrogen-bond donors (Lipinski definition) is 1. The summed E-state index contributed by atoms with van der Waals surface area (Å²) in [5.74, 6) is 0.642. The minimum Gasteiger partial charge on any atom is -0.463 e. The lowest BCUT2D eigenvalue weighted by Crippen LogP contribution is -2.25. The number of amides is 1. The third-order valence-electron chi connectivity index (χ3n) is 4.98. The van der Waals surface area contributed by atoms with Crippen molar-refractivity contribution in [1.82, 2.24) is 10.3 Å². The Morgan fingerprint density at radius 3 is 2.17 bits per heavy atom. The second-order valence-electron chi connectivity index (χ2n) is 9.51. The molecule has 2 heterocycles. The summed E-state index contributed by atoms with van der Waals surface area (Å²) < 4.78 is 5.41. The van der Waals surface area contributed by atoms with Crippen LogP contribution in [-0.2, 0) is 17.4 Å². The number of aromatic nitrogens is 1. The zero-order chi connectivity index (χ0) is 21.2. The summed E-state index contributed by atoms with van der Waals surface area (Å²) in [6.07, 6.45) is 3.36. The van der Waals surface area contributed by atoms with Crippen LogP contribution in [0.3, 0.4) is 0 Å². The summed E-state index contributed by atoms with van der Waals surface area (Å²) in [6, 6.07) is 13.8. The lowest BCUT2D eigenvalue weighted by atomic mass is 9.79. The summed E-state index contributed by atoms with van der Waals surface area (Å²) >= 11 is 0. The molecule has 29 heavy (non-hydrogen) atoms. The predicted octanol–water partition coefficient (Wildman–Crippen LogP) is 5.87. The molecule has 2 aromatic heterocycles. The van der Waals surface area contributed by atoms with Crippen LogP contribution in [0.5, 0.6) is 0 Å². The van der Waals surface area contributed by atoms with Crippen molar-refractivity contribution in [3.05, 3.63) is 77.2 Å². The van der Waals surface area contributed by atoms with Crippen LogP contribution in [-0.4, -0.2) is 10.9 Å². The van der Waals surface area contributed by atoms with Gasteiger partial charge in [0.25, 0.3) is 5.91 Å². The molecule has 0 atom stereocenters. The van der Waals surface area contributed by atoms with Gasteiger partial charge in [-0.3, -0.25) is 9.78 Å². The van der Waals surface area contributed by atoms with Crippen molar-refractivity contribution in [3.8, 4) is 11.5 Å². The minimum absolute atomic E-state index is 0.0284. The SMILES string of the molecule is CC(C)(C)c1cc(C(=O)NCc2ccnc(-c3ccco3)c2)cc(C(C)(C)C)c1. The largest absolute Gasteiger partial charge is 0.463 e. The number of carbonyl (C=O) groups is 1. The zero-order valence-corrected chi connectivity index (χ0v) is 18.2. The Hall–Kier alpha value is -2.88. The predicted molar refractivity (Wildman–Crippen MR) is 117 cm³/mol. The summed E-state index contributed by atoms with van der Waals surface area (Å²) in [7, 11) is 0. The summed E-state index contributed by atoms with van der Waals surface area (Å²) in [5.41, 5.74) is 4.70. The first-order valence-electron chi connectivity index (χ1n) is 9.97. The number of furan rings is 1. The van der Waals surface area contributed by atoms with Crippen LogP contribution in [0, 0.1) is 0 Å². The van der Waals surface area contributed by atoms with Gasteiger partial charge in [-0.1, -0.05) is 47.6 Å². The summed E-state index contributed by atoms with van der Waals surface area (Å²) in [5, 5.41) is 3.05. The summed E-state index contributed by atoms with van der Waals surface area (Å²) in [4.78, 5) is 17.3. The van der Waals surface area contributed by atoms with Gasteiger partial charge in [0.15, 0.2) is 5.76 Å². The first kappa shape index (κ1) is 20.8. The van der Waals surface area contributed by atoms with Gasteiger partial charge in [0.2, 0.25) is 0 Å². The number of carbonyl (C=O) groups excluding carboxylic acids is 1. The standard InChI is InChI=1S/C25H30N2O2/c1-24(2,3)19-13-18(14-20(15-19)25(4,5)6)23(28)27-16-17-9-10-26-21(12-17)22-8-7-11-29-22/h7-15H,16H2,1-6H3,(H,27,28). The van der Waals surface area contributed by atoms with Crippen molar-refractivity contribution in [1.29, 1.82) is 0 Å². The number of benzene rings is 1. The highest BCUT2D eigenvalue weighted by Gasteiger charge is 2.22. The Labute approximate surface area is 173 Å². The number of nitrogens with zero attached hydrogens (tertiary/aromatic N) is 1. The highest BCUT2D eigenvalue weighted by atomic mass is 16.3.